The van der Waals surface area contributed by atoms with Gasteiger partial charge in [-0.2, -0.15) is 0 Å². The van der Waals surface area contributed by atoms with Crippen LogP contribution in [0.25, 0.3) is 0 Å². The van der Waals surface area contributed by atoms with E-state index >= 15 is 0 Å². The first-order chi connectivity index (χ1) is 16.2. The fraction of sp³-hybridized carbons (Fsp3) is 0.654. The molecule has 1 aliphatic carbocycles. The molecule has 0 aromatic heterocycles. The highest BCUT2D eigenvalue weighted by atomic mass is 16.7. The van der Waals surface area contributed by atoms with Crippen molar-refractivity contribution in [1.82, 2.24) is 0 Å². The molecule has 0 radical (unpaired) electrons. The highest BCUT2D eigenvalue weighted by Crippen LogP contribution is 2.51. The van der Waals surface area contributed by atoms with Gasteiger partial charge < -0.3 is 29.2 Å². The zero-order valence-corrected chi connectivity index (χ0v) is 21.8. The molecule has 196 valence electrons. The second-order valence-electron chi connectivity index (χ2n) is 9.82. The molecule has 2 aliphatic rings. The number of aliphatic hydroxyl groups excluding tert-OH is 2. The van der Waals surface area contributed by atoms with Crippen molar-refractivity contribution in [3.05, 3.63) is 35.5 Å². The molecule has 2 fully saturated rings. The van der Waals surface area contributed by atoms with Crippen molar-refractivity contribution < 1.29 is 43.5 Å². The predicted molar refractivity (Wildman–Crippen MR) is 127 cm³/mol. The number of aliphatic hydroxyl groups is 2. The first kappa shape index (κ1) is 28.9. The normalized spacial score (nSPS) is 30.7. The molecule has 35 heavy (non-hydrogen) atoms. The quantitative estimate of drug-likeness (QED) is 0.203. The van der Waals surface area contributed by atoms with E-state index in [0.717, 1.165) is 0 Å². The third-order valence-corrected chi connectivity index (χ3v) is 7.22. The average molecular weight is 495 g/mol. The van der Waals surface area contributed by atoms with Crippen LogP contribution >= 0.6 is 0 Å². The minimum Gasteiger partial charge on any atom is -0.455 e. The van der Waals surface area contributed by atoms with Gasteiger partial charge in [0.1, 0.15) is 24.4 Å². The SMILES string of the molecule is C=C([C@H]1[C@H](OC(=O)/C(C)=C\C)[C@H]2O[C@@]2(C)C(=O)[C@@H]1O)[C@@H](C[C@@H](O)C(C)(C)OC)OC(=O)/C(C)=C\C. The van der Waals surface area contributed by atoms with Gasteiger partial charge in [0.05, 0.1) is 17.6 Å². The molecule has 7 atom stereocenters. The Morgan fingerprint density at radius 3 is 2.26 bits per heavy atom. The van der Waals surface area contributed by atoms with Gasteiger partial charge in [0.25, 0.3) is 0 Å². The molecule has 0 amide bonds. The maximum Gasteiger partial charge on any atom is 0.333 e. The molecule has 0 spiro atoms. The van der Waals surface area contributed by atoms with Crippen LogP contribution in [0, 0.1) is 5.92 Å². The Labute approximate surface area is 206 Å². The van der Waals surface area contributed by atoms with Crippen LogP contribution in [0.5, 0.6) is 0 Å². The molecule has 0 aromatic rings. The van der Waals surface area contributed by atoms with E-state index in [1.807, 2.05) is 0 Å². The summed E-state index contributed by atoms with van der Waals surface area (Å²) < 4.78 is 22.3. The van der Waals surface area contributed by atoms with Gasteiger partial charge in [-0.25, -0.2) is 9.59 Å². The van der Waals surface area contributed by atoms with E-state index in [4.69, 9.17) is 18.9 Å². The number of methoxy groups -OCH3 is 1. The molecule has 0 bridgehead atoms. The Morgan fingerprint density at radius 2 is 1.74 bits per heavy atom. The summed E-state index contributed by atoms with van der Waals surface area (Å²) in [5.41, 5.74) is -1.48. The van der Waals surface area contributed by atoms with Crippen molar-refractivity contribution in [2.45, 2.75) is 96.6 Å². The molecule has 9 nitrogen and oxygen atoms in total. The maximum absolute atomic E-state index is 12.9. The summed E-state index contributed by atoms with van der Waals surface area (Å²) in [4.78, 5) is 38.1. The maximum atomic E-state index is 12.9. The lowest BCUT2D eigenvalue weighted by atomic mass is 9.72. The van der Waals surface area contributed by atoms with Crippen molar-refractivity contribution in [2.75, 3.05) is 7.11 Å². The third kappa shape index (κ3) is 5.74. The van der Waals surface area contributed by atoms with Crippen LogP contribution in [-0.2, 0) is 33.3 Å². The lowest BCUT2D eigenvalue weighted by Gasteiger charge is -2.39. The summed E-state index contributed by atoms with van der Waals surface area (Å²) in [7, 11) is 1.44. The summed E-state index contributed by atoms with van der Waals surface area (Å²) >= 11 is 0. The van der Waals surface area contributed by atoms with Crippen LogP contribution < -0.4 is 0 Å². The van der Waals surface area contributed by atoms with Crippen molar-refractivity contribution in [2.24, 2.45) is 5.92 Å². The fourth-order valence-electron chi connectivity index (χ4n) is 3.97. The summed E-state index contributed by atoms with van der Waals surface area (Å²) in [5, 5.41) is 21.8. The summed E-state index contributed by atoms with van der Waals surface area (Å²) in [5.74, 6) is -2.98. The number of ketones is 1. The average Bonchev–Trinajstić information content (AvgIpc) is 3.53. The van der Waals surface area contributed by atoms with E-state index in [-0.39, 0.29) is 12.0 Å². The largest absolute Gasteiger partial charge is 0.455 e. The van der Waals surface area contributed by atoms with Gasteiger partial charge >= 0.3 is 11.9 Å². The molecule has 1 saturated heterocycles. The van der Waals surface area contributed by atoms with Crippen LogP contribution in [0.15, 0.2) is 35.5 Å². The molecule has 1 aliphatic heterocycles. The summed E-state index contributed by atoms with van der Waals surface area (Å²) in [6.45, 7) is 15.4. The predicted octanol–water partition coefficient (Wildman–Crippen LogP) is 2.19. The number of Topliss-reactive ketones (excluding diaryl/α,β-unsaturated/α-hetero) is 1. The highest BCUT2D eigenvalue weighted by Gasteiger charge is 2.71. The van der Waals surface area contributed by atoms with Crippen molar-refractivity contribution in [3.63, 3.8) is 0 Å². The van der Waals surface area contributed by atoms with Crippen LogP contribution in [0.2, 0.25) is 0 Å². The van der Waals surface area contributed by atoms with Gasteiger partial charge in [-0.3, -0.25) is 4.79 Å². The molecule has 1 heterocycles. The molecule has 0 aromatic carbocycles. The van der Waals surface area contributed by atoms with Crippen LogP contribution in [0.1, 0.15) is 54.9 Å². The summed E-state index contributed by atoms with van der Waals surface area (Å²) in [6, 6.07) is 0. The standard InChI is InChI=1S/C26H38O9/c1-10-13(3)23(30)33-16(12-17(27)25(6,7)32-9)15(5)18-19(28)21(29)26(8)22(35-26)20(18)34-24(31)14(4)11-2/h10-11,16-20,22,27-28H,5,12H2,1-4,6-9H3/b13-10-,14-11-/t16-,17-,18-,19-,20+,22-,26+/m1/s1. The second kappa shape index (κ2) is 10.7. The summed E-state index contributed by atoms with van der Waals surface area (Å²) in [6.07, 6.45) is -2.66. The van der Waals surface area contributed by atoms with Crippen molar-refractivity contribution >= 4 is 17.7 Å². The number of epoxide rings is 1. The lowest BCUT2D eigenvalue weighted by molar-refractivity contribution is -0.158. The number of carbonyl (C=O) groups excluding carboxylic acids is 3. The third-order valence-electron chi connectivity index (χ3n) is 7.22. The minimum atomic E-state index is -1.62. The molecular formula is C26H38O9. The Bertz CT molecular complexity index is 931. The zero-order chi connectivity index (χ0) is 26.9. The topological polar surface area (TPSA) is 132 Å². The number of esters is 2. The number of hydrogen-bond donors (Lipinski definition) is 2. The minimum absolute atomic E-state index is 0.127. The zero-order valence-electron chi connectivity index (χ0n) is 21.8. The lowest BCUT2D eigenvalue weighted by Crippen LogP contribution is -2.55. The molecule has 2 N–H and O–H groups in total. The monoisotopic (exact) mass is 494 g/mol. The van der Waals surface area contributed by atoms with E-state index in [1.54, 1.807) is 53.7 Å². The first-order valence-electron chi connectivity index (χ1n) is 11.7. The number of carbonyl (C=O) groups is 3. The Morgan fingerprint density at radius 1 is 1.20 bits per heavy atom. The molecule has 0 unspecified atom stereocenters. The van der Waals surface area contributed by atoms with Crippen LogP contribution in [-0.4, -0.2) is 76.8 Å². The van der Waals surface area contributed by atoms with Gasteiger partial charge in [-0.1, -0.05) is 18.7 Å². The number of fused-ring (bicyclic) bond motifs is 1. The van der Waals surface area contributed by atoms with Crippen LogP contribution in [0.3, 0.4) is 0 Å². The van der Waals surface area contributed by atoms with Crippen molar-refractivity contribution in [3.8, 4) is 0 Å². The van der Waals surface area contributed by atoms with E-state index in [0.29, 0.717) is 11.1 Å². The fourth-order valence-corrected chi connectivity index (χ4v) is 3.97. The molecule has 9 heteroatoms. The smallest absolute Gasteiger partial charge is 0.333 e. The Hall–Kier alpha value is -2.33. The van der Waals surface area contributed by atoms with Crippen molar-refractivity contribution in [1.29, 1.82) is 0 Å². The number of ether oxygens (including phenoxy) is 4. The van der Waals surface area contributed by atoms with E-state index in [9.17, 15) is 24.6 Å². The van der Waals surface area contributed by atoms with Gasteiger partial charge in [-0.05, 0) is 54.0 Å². The second-order valence-corrected chi connectivity index (χ2v) is 9.82. The molecular weight excluding hydrogens is 456 g/mol. The van der Waals surface area contributed by atoms with Gasteiger partial charge in [0.15, 0.2) is 11.4 Å². The Kier molecular flexibility index (Phi) is 8.87. The first-order valence-corrected chi connectivity index (χ1v) is 11.7. The highest BCUT2D eigenvalue weighted by molar-refractivity contribution is 5.96. The number of hydrogen-bond acceptors (Lipinski definition) is 9. The van der Waals surface area contributed by atoms with Crippen LogP contribution in [0.4, 0.5) is 0 Å². The number of allylic oxidation sites excluding steroid dienone is 2. The Balaban J connectivity index is 2.46. The molecule has 1 saturated carbocycles. The molecule has 2 rings (SSSR count). The van der Waals surface area contributed by atoms with Gasteiger partial charge in [0.2, 0.25) is 0 Å². The number of rotatable bonds is 10. The van der Waals surface area contributed by atoms with Gasteiger partial charge in [0, 0.05) is 24.7 Å². The van der Waals surface area contributed by atoms with E-state index in [1.165, 1.54) is 14.0 Å². The van der Waals surface area contributed by atoms with E-state index in [2.05, 4.69) is 6.58 Å². The van der Waals surface area contributed by atoms with Gasteiger partial charge in [-0.15, -0.1) is 0 Å². The van der Waals surface area contributed by atoms with E-state index < -0.39 is 65.4 Å².